The Hall–Kier alpha value is -2.67. The van der Waals surface area contributed by atoms with Crippen LogP contribution in [0.15, 0.2) is 42.9 Å². The predicted molar refractivity (Wildman–Crippen MR) is 116 cm³/mol. The van der Waals surface area contributed by atoms with Crippen molar-refractivity contribution in [3.63, 3.8) is 0 Å². The van der Waals surface area contributed by atoms with Gasteiger partial charge in [-0.2, -0.15) is 0 Å². The van der Waals surface area contributed by atoms with Crippen molar-refractivity contribution in [2.45, 2.75) is 25.7 Å². The standard InChI is InChI=1S/C22H30N6O/c29-22(18-26-13-15-28(16-14-26)21-17-23-9-10-24-21)25-19-5-7-20(8-6-19)27-11-3-1-2-4-12-27/h5-10,17H,1-4,11-16,18H2,(H,25,29). The number of hydrogen-bond donors (Lipinski definition) is 1. The van der Waals surface area contributed by atoms with Crippen molar-refractivity contribution in [2.24, 2.45) is 0 Å². The Morgan fingerprint density at radius 2 is 1.59 bits per heavy atom. The maximum absolute atomic E-state index is 12.5. The quantitative estimate of drug-likeness (QED) is 0.841. The lowest BCUT2D eigenvalue weighted by molar-refractivity contribution is -0.117. The monoisotopic (exact) mass is 394 g/mol. The molecule has 0 saturated carbocycles. The maximum atomic E-state index is 12.5. The third kappa shape index (κ3) is 5.44. The van der Waals surface area contributed by atoms with Crippen LogP contribution < -0.4 is 15.1 Å². The van der Waals surface area contributed by atoms with Crippen LogP contribution in [0.2, 0.25) is 0 Å². The Balaban J connectivity index is 1.23. The van der Waals surface area contributed by atoms with Crippen LogP contribution in [0.25, 0.3) is 0 Å². The van der Waals surface area contributed by atoms with Gasteiger partial charge in [0.2, 0.25) is 5.91 Å². The summed E-state index contributed by atoms with van der Waals surface area (Å²) in [5.41, 5.74) is 2.12. The first-order valence-electron chi connectivity index (χ1n) is 10.7. The number of benzene rings is 1. The first-order valence-corrected chi connectivity index (χ1v) is 10.7. The smallest absolute Gasteiger partial charge is 0.238 e. The Labute approximate surface area is 172 Å². The lowest BCUT2D eigenvalue weighted by Gasteiger charge is -2.34. The van der Waals surface area contributed by atoms with E-state index in [9.17, 15) is 4.79 Å². The van der Waals surface area contributed by atoms with Crippen molar-refractivity contribution in [1.29, 1.82) is 0 Å². The molecule has 1 amide bonds. The SMILES string of the molecule is O=C(CN1CCN(c2cnccn2)CC1)Nc1ccc(N2CCCCCC2)cc1. The third-order valence-corrected chi connectivity index (χ3v) is 5.74. The molecule has 1 N–H and O–H groups in total. The Bertz CT molecular complexity index is 766. The van der Waals surface area contributed by atoms with Crippen molar-refractivity contribution >= 4 is 23.1 Å². The number of carbonyl (C=O) groups is 1. The van der Waals surface area contributed by atoms with Crippen molar-refractivity contribution in [2.75, 3.05) is 60.9 Å². The van der Waals surface area contributed by atoms with Crippen LogP contribution >= 0.6 is 0 Å². The molecule has 4 rings (SSSR count). The fourth-order valence-corrected chi connectivity index (χ4v) is 4.08. The van der Waals surface area contributed by atoms with Gasteiger partial charge in [0, 0.05) is 63.0 Å². The van der Waals surface area contributed by atoms with Gasteiger partial charge >= 0.3 is 0 Å². The Morgan fingerprint density at radius 1 is 0.862 bits per heavy atom. The number of aromatic nitrogens is 2. The Morgan fingerprint density at radius 3 is 2.24 bits per heavy atom. The molecule has 3 heterocycles. The van der Waals surface area contributed by atoms with Crippen molar-refractivity contribution in [3.8, 4) is 0 Å². The van der Waals surface area contributed by atoms with Crippen LogP contribution in [0.5, 0.6) is 0 Å². The normalized spacial score (nSPS) is 18.3. The molecule has 2 aliphatic heterocycles. The summed E-state index contributed by atoms with van der Waals surface area (Å²) in [6.07, 6.45) is 10.4. The summed E-state index contributed by atoms with van der Waals surface area (Å²) < 4.78 is 0. The molecule has 1 aromatic heterocycles. The fraction of sp³-hybridized carbons (Fsp3) is 0.500. The van der Waals surface area contributed by atoms with Crippen molar-refractivity contribution in [1.82, 2.24) is 14.9 Å². The van der Waals surface area contributed by atoms with E-state index in [1.54, 1.807) is 18.6 Å². The minimum Gasteiger partial charge on any atom is -0.372 e. The second-order valence-electron chi connectivity index (χ2n) is 7.82. The predicted octanol–water partition coefficient (Wildman–Crippen LogP) is 2.62. The third-order valence-electron chi connectivity index (χ3n) is 5.74. The summed E-state index contributed by atoms with van der Waals surface area (Å²) in [7, 11) is 0. The number of nitrogens with one attached hydrogen (secondary N) is 1. The number of carbonyl (C=O) groups excluding carboxylic acids is 1. The summed E-state index contributed by atoms with van der Waals surface area (Å²) in [6, 6.07) is 8.29. The van der Waals surface area contributed by atoms with E-state index in [2.05, 4.69) is 42.1 Å². The highest BCUT2D eigenvalue weighted by Gasteiger charge is 2.20. The van der Waals surface area contributed by atoms with Crippen molar-refractivity contribution < 1.29 is 4.79 Å². The lowest BCUT2D eigenvalue weighted by Crippen LogP contribution is -2.48. The molecular formula is C22H30N6O. The molecule has 2 aromatic rings. The van der Waals surface area contributed by atoms with Gasteiger partial charge in [-0.1, -0.05) is 12.8 Å². The maximum Gasteiger partial charge on any atom is 0.238 e. The first-order chi connectivity index (χ1) is 14.3. The number of amides is 1. The van der Waals surface area contributed by atoms with Gasteiger partial charge in [-0.3, -0.25) is 14.7 Å². The Kier molecular flexibility index (Phi) is 6.56. The molecule has 2 fully saturated rings. The molecule has 0 aliphatic carbocycles. The number of anilines is 3. The first kappa shape index (κ1) is 19.6. The van der Waals surface area contributed by atoms with E-state index in [0.717, 1.165) is 50.8 Å². The molecule has 0 atom stereocenters. The number of rotatable bonds is 5. The number of hydrogen-bond acceptors (Lipinski definition) is 6. The van der Waals surface area contributed by atoms with Gasteiger partial charge in [-0.05, 0) is 37.1 Å². The van der Waals surface area contributed by atoms with E-state index in [0.29, 0.717) is 6.54 Å². The summed E-state index contributed by atoms with van der Waals surface area (Å²) in [4.78, 5) is 27.8. The number of nitrogens with zero attached hydrogens (tertiary/aromatic N) is 5. The molecule has 0 spiro atoms. The molecule has 2 saturated heterocycles. The molecule has 154 valence electrons. The molecule has 0 bridgehead atoms. The van der Waals surface area contributed by atoms with Crippen LogP contribution in [0.1, 0.15) is 25.7 Å². The van der Waals surface area contributed by atoms with E-state index in [4.69, 9.17) is 0 Å². The topological polar surface area (TPSA) is 64.6 Å². The molecule has 0 radical (unpaired) electrons. The second kappa shape index (κ2) is 9.69. The summed E-state index contributed by atoms with van der Waals surface area (Å²) >= 11 is 0. The molecular weight excluding hydrogens is 364 g/mol. The molecule has 7 heteroatoms. The molecule has 29 heavy (non-hydrogen) atoms. The van der Waals surface area contributed by atoms with E-state index in [-0.39, 0.29) is 5.91 Å². The number of piperazine rings is 1. The van der Waals surface area contributed by atoms with Crippen LogP contribution in [0, 0.1) is 0 Å². The lowest BCUT2D eigenvalue weighted by atomic mass is 10.2. The van der Waals surface area contributed by atoms with Gasteiger partial charge in [-0.25, -0.2) is 4.98 Å². The minimum atomic E-state index is 0.0421. The zero-order valence-electron chi connectivity index (χ0n) is 17.0. The molecule has 1 aromatic carbocycles. The van der Waals surface area contributed by atoms with E-state index >= 15 is 0 Å². The molecule has 7 nitrogen and oxygen atoms in total. The fourth-order valence-electron chi connectivity index (χ4n) is 4.08. The molecule has 2 aliphatic rings. The summed E-state index contributed by atoms with van der Waals surface area (Å²) in [6.45, 7) is 6.09. The highest BCUT2D eigenvalue weighted by atomic mass is 16.2. The van der Waals surface area contributed by atoms with Crippen LogP contribution in [-0.2, 0) is 4.79 Å². The van der Waals surface area contributed by atoms with E-state index < -0.39 is 0 Å². The largest absolute Gasteiger partial charge is 0.372 e. The van der Waals surface area contributed by atoms with Gasteiger partial charge in [0.15, 0.2) is 0 Å². The van der Waals surface area contributed by atoms with E-state index in [1.807, 2.05) is 12.1 Å². The summed E-state index contributed by atoms with van der Waals surface area (Å²) in [5, 5.41) is 3.04. The van der Waals surface area contributed by atoms with Gasteiger partial charge in [0.1, 0.15) is 5.82 Å². The van der Waals surface area contributed by atoms with E-state index in [1.165, 1.54) is 31.4 Å². The second-order valence-corrected chi connectivity index (χ2v) is 7.82. The minimum absolute atomic E-state index is 0.0421. The average molecular weight is 395 g/mol. The van der Waals surface area contributed by atoms with Gasteiger partial charge < -0.3 is 15.1 Å². The van der Waals surface area contributed by atoms with Crippen LogP contribution in [0.4, 0.5) is 17.2 Å². The van der Waals surface area contributed by atoms with Gasteiger partial charge in [-0.15, -0.1) is 0 Å². The van der Waals surface area contributed by atoms with Crippen molar-refractivity contribution in [3.05, 3.63) is 42.9 Å². The van der Waals surface area contributed by atoms with Gasteiger partial charge in [0.25, 0.3) is 0 Å². The van der Waals surface area contributed by atoms with Crippen LogP contribution in [0.3, 0.4) is 0 Å². The van der Waals surface area contributed by atoms with Crippen LogP contribution in [-0.4, -0.2) is 66.6 Å². The summed E-state index contributed by atoms with van der Waals surface area (Å²) in [5.74, 6) is 0.946. The zero-order chi connectivity index (χ0) is 19.9. The highest BCUT2D eigenvalue weighted by Crippen LogP contribution is 2.21. The molecule has 0 unspecified atom stereocenters. The van der Waals surface area contributed by atoms with Gasteiger partial charge in [0.05, 0.1) is 12.7 Å². The highest BCUT2D eigenvalue weighted by molar-refractivity contribution is 5.92. The zero-order valence-corrected chi connectivity index (χ0v) is 17.0. The average Bonchev–Trinajstić information content (AvgIpc) is 3.05.